The Bertz CT molecular complexity index is 659. The van der Waals surface area contributed by atoms with Gasteiger partial charge in [0.05, 0.1) is 12.7 Å². The van der Waals surface area contributed by atoms with Gasteiger partial charge in [0, 0.05) is 30.8 Å². The van der Waals surface area contributed by atoms with Crippen LogP contribution in [0.5, 0.6) is 0 Å². The van der Waals surface area contributed by atoms with Crippen molar-refractivity contribution in [2.45, 2.75) is 31.8 Å². The van der Waals surface area contributed by atoms with Crippen LogP contribution in [-0.4, -0.2) is 36.6 Å². The molecular weight excluding hydrogens is 325 g/mol. The standard InChI is InChI=1S/C19H22FNO2S/c20-16-5-1-4-15(12-16)13-17-14-21(9-10-23-17)19(22)8-2-6-18-7-3-11-24-18/h1,3-5,7,11-12,17H,2,6,8-10,13-14H2/t17-/m0/s1. The summed E-state index contributed by atoms with van der Waals surface area (Å²) in [7, 11) is 0. The van der Waals surface area contributed by atoms with Crippen LogP contribution in [0.15, 0.2) is 41.8 Å². The van der Waals surface area contributed by atoms with E-state index in [1.54, 1.807) is 17.4 Å². The molecule has 0 N–H and O–H groups in total. The maximum atomic E-state index is 13.3. The fourth-order valence-corrected chi connectivity index (χ4v) is 3.77. The Labute approximate surface area is 146 Å². The van der Waals surface area contributed by atoms with Gasteiger partial charge in [-0.15, -0.1) is 11.3 Å². The summed E-state index contributed by atoms with van der Waals surface area (Å²) in [5, 5.41) is 2.07. The number of amides is 1. The number of morpholine rings is 1. The summed E-state index contributed by atoms with van der Waals surface area (Å²) in [6.07, 6.45) is 2.99. The number of benzene rings is 1. The van der Waals surface area contributed by atoms with Gasteiger partial charge in [0.2, 0.25) is 5.91 Å². The van der Waals surface area contributed by atoms with Gasteiger partial charge < -0.3 is 9.64 Å². The Hall–Kier alpha value is -1.72. The Balaban J connectivity index is 1.46. The van der Waals surface area contributed by atoms with Crippen LogP contribution in [0.3, 0.4) is 0 Å². The van der Waals surface area contributed by atoms with E-state index in [1.165, 1.54) is 17.0 Å². The lowest BCUT2D eigenvalue weighted by Crippen LogP contribution is -2.46. The molecule has 0 spiro atoms. The SMILES string of the molecule is O=C(CCCc1cccs1)N1CCO[C@@H](Cc2cccc(F)c2)C1. The molecule has 1 aromatic carbocycles. The van der Waals surface area contributed by atoms with Gasteiger partial charge in [0.25, 0.3) is 0 Å². The van der Waals surface area contributed by atoms with Crippen molar-refractivity contribution in [2.75, 3.05) is 19.7 Å². The zero-order valence-electron chi connectivity index (χ0n) is 13.6. The summed E-state index contributed by atoms with van der Waals surface area (Å²) >= 11 is 1.74. The van der Waals surface area contributed by atoms with Crippen molar-refractivity contribution in [1.29, 1.82) is 0 Å². The zero-order valence-corrected chi connectivity index (χ0v) is 14.4. The smallest absolute Gasteiger partial charge is 0.222 e. The molecule has 2 heterocycles. The van der Waals surface area contributed by atoms with Gasteiger partial charge in [-0.25, -0.2) is 4.39 Å². The van der Waals surface area contributed by atoms with Crippen molar-refractivity contribution in [3.05, 3.63) is 58.0 Å². The maximum Gasteiger partial charge on any atom is 0.222 e. The number of nitrogens with zero attached hydrogens (tertiary/aromatic N) is 1. The molecule has 2 aromatic rings. The van der Waals surface area contributed by atoms with Crippen LogP contribution in [-0.2, 0) is 22.4 Å². The summed E-state index contributed by atoms with van der Waals surface area (Å²) in [5.74, 6) is -0.0380. The average molecular weight is 347 g/mol. The molecule has 0 aliphatic carbocycles. The number of hydrogen-bond acceptors (Lipinski definition) is 3. The Morgan fingerprint density at radius 2 is 2.25 bits per heavy atom. The van der Waals surface area contributed by atoms with Crippen molar-refractivity contribution >= 4 is 17.2 Å². The van der Waals surface area contributed by atoms with Crippen LogP contribution in [0.2, 0.25) is 0 Å². The molecule has 0 radical (unpaired) electrons. The molecule has 1 fully saturated rings. The van der Waals surface area contributed by atoms with Crippen molar-refractivity contribution < 1.29 is 13.9 Å². The maximum absolute atomic E-state index is 13.3. The molecule has 0 saturated carbocycles. The first kappa shape index (κ1) is 17.1. The second-order valence-electron chi connectivity index (χ2n) is 6.10. The monoisotopic (exact) mass is 347 g/mol. The minimum absolute atomic E-state index is 0.0539. The quantitative estimate of drug-likeness (QED) is 0.798. The minimum Gasteiger partial charge on any atom is -0.374 e. The highest BCUT2D eigenvalue weighted by Gasteiger charge is 2.24. The molecule has 0 bridgehead atoms. The van der Waals surface area contributed by atoms with Crippen LogP contribution >= 0.6 is 11.3 Å². The molecule has 1 aliphatic rings. The lowest BCUT2D eigenvalue weighted by molar-refractivity contribution is -0.138. The van der Waals surface area contributed by atoms with E-state index in [0.717, 1.165) is 18.4 Å². The third-order valence-electron chi connectivity index (χ3n) is 4.24. The molecule has 5 heteroatoms. The molecule has 0 unspecified atom stereocenters. The van der Waals surface area contributed by atoms with Crippen molar-refractivity contribution in [2.24, 2.45) is 0 Å². The molecule has 3 nitrogen and oxygen atoms in total. The number of thiophene rings is 1. The van der Waals surface area contributed by atoms with Crippen molar-refractivity contribution in [3.8, 4) is 0 Å². The van der Waals surface area contributed by atoms with Crippen LogP contribution in [0.4, 0.5) is 4.39 Å². The number of carbonyl (C=O) groups excluding carboxylic acids is 1. The second-order valence-corrected chi connectivity index (χ2v) is 7.13. The molecular formula is C19H22FNO2S. The lowest BCUT2D eigenvalue weighted by Gasteiger charge is -2.33. The highest BCUT2D eigenvalue weighted by Crippen LogP contribution is 2.16. The second kappa shape index (κ2) is 8.40. The van der Waals surface area contributed by atoms with Gasteiger partial charge in [0.1, 0.15) is 5.82 Å². The Morgan fingerprint density at radius 3 is 3.04 bits per heavy atom. The first-order valence-corrected chi connectivity index (χ1v) is 9.25. The van der Waals surface area contributed by atoms with Gasteiger partial charge >= 0.3 is 0 Å². The molecule has 1 atom stereocenters. The van der Waals surface area contributed by atoms with E-state index in [4.69, 9.17) is 4.74 Å². The van der Waals surface area contributed by atoms with E-state index in [2.05, 4.69) is 11.4 Å². The van der Waals surface area contributed by atoms with Crippen molar-refractivity contribution in [1.82, 2.24) is 4.90 Å². The topological polar surface area (TPSA) is 29.5 Å². The molecule has 1 amide bonds. The fraction of sp³-hybridized carbons (Fsp3) is 0.421. The number of rotatable bonds is 6. The summed E-state index contributed by atoms with van der Waals surface area (Å²) in [4.78, 5) is 15.6. The predicted molar refractivity (Wildman–Crippen MR) is 93.7 cm³/mol. The molecule has 3 rings (SSSR count). The van der Waals surface area contributed by atoms with E-state index in [-0.39, 0.29) is 17.8 Å². The third kappa shape index (κ3) is 4.89. The lowest BCUT2D eigenvalue weighted by atomic mass is 10.1. The van der Waals surface area contributed by atoms with E-state index in [9.17, 15) is 9.18 Å². The van der Waals surface area contributed by atoms with E-state index in [1.807, 2.05) is 17.0 Å². The van der Waals surface area contributed by atoms with E-state index >= 15 is 0 Å². The van der Waals surface area contributed by atoms with Gasteiger partial charge in [-0.2, -0.15) is 0 Å². The number of ether oxygens (including phenoxy) is 1. The number of aryl methyl sites for hydroxylation is 1. The number of hydrogen-bond donors (Lipinski definition) is 0. The number of carbonyl (C=O) groups is 1. The highest BCUT2D eigenvalue weighted by atomic mass is 32.1. The fourth-order valence-electron chi connectivity index (χ4n) is 3.02. The summed E-state index contributed by atoms with van der Waals surface area (Å²) in [6.45, 7) is 1.79. The molecule has 1 saturated heterocycles. The largest absolute Gasteiger partial charge is 0.374 e. The van der Waals surface area contributed by atoms with Crippen LogP contribution in [0.1, 0.15) is 23.3 Å². The Morgan fingerprint density at radius 1 is 1.33 bits per heavy atom. The van der Waals surface area contributed by atoms with Crippen LogP contribution in [0.25, 0.3) is 0 Å². The highest BCUT2D eigenvalue weighted by molar-refractivity contribution is 7.09. The molecule has 1 aliphatic heterocycles. The minimum atomic E-state index is -0.232. The van der Waals surface area contributed by atoms with Gasteiger partial charge in [0.15, 0.2) is 0 Å². The van der Waals surface area contributed by atoms with Crippen LogP contribution < -0.4 is 0 Å². The third-order valence-corrected chi connectivity index (χ3v) is 5.17. The van der Waals surface area contributed by atoms with E-state index < -0.39 is 0 Å². The first-order chi connectivity index (χ1) is 11.7. The summed E-state index contributed by atoms with van der Waals surface area (Å²) < 4.78 is 19.0. The normalized spacial score (nSPS) is 17.9. The first-order valence-electron chi connectivity index (χ1n) is 8.37. The summed E-state index contributed by atoms with van der Waals surface area (Å²) in [6, 6.07) is 10.7. The van der Waals surface area contributed by atoms with E-state index in [0.29, 0.717) is 32.5 Å². The molecule has 1 aromatic heterocycles. The Kier molecular flexibility index (Phi) is 5.99. The zero-order chi connectivity index (χ0) is 16.8. The molecule has 128 valence electrons. The summed E-state index contributed by atoms with van der Waals surface area (Å²) in [5.41, 5.74) is 0.909. The van der Waals surface area contributed by atoms with Gasteiger partial charge in [-0.1, -0.05) is 18.2 Å². The van der Waals surface area contributed by atoms with Crippen molar-refractivity contribution in [3.63, 3.8) is 0 Å². The van der Waals surface area contributed by atoms with Gasteiger partial charge in [-0.3, -0.25) is 4.79 Å². The van der Waals surface area contributed by atoms with Gasteiger partial charge in [-0.05, 0) is 42.0 Å². The molecule has 24 heavy (non-hydrogen) atoms. The predicted octanol–water partition coefficient (Wildman–Crippen LogP) is 3.68. The average Bonchev–Trinajstić information content (AvgIpc) is 3.08. The van der Waals surface area contributed by atoms with Crippen LogP contribution in [0, 0.1) is 5.82 Å². The number of halogens is 1.